The molecule has 1 saturated heterocycles. The molecule has 1 aliphatic heterocycles. The Kier molecular flexibility index (Phi) is 8.72. The Morgan fingerprint density at radius 3 is 2.26 bits per heavy atom. The van der Waals surface area contributed by atoms with Gasteiger partial charge in [-0.05, 0) is 44.5 Å². The van der Waals surface area contributed by atoms with E-state index in [-0.39, 0.29) is 18.0 Å². The number of anilines is 1. The molecule has 7 nitrogen and oxygen atoms in total. The molecule has 182 valence electrons. The van der Waals surface area contributed by atoms with Crippen LogP contribution in [0.1, 0.15) is 32.4 Å². The normalized spacial score (nSPS) is 14.9. The van der Waals surface area contributed by atoms with E-state index in [0.29, 0.717) is 45.3 Å². The largest absolute Gasteiger partial charge is 0.471 e. The van der Waals surface area contributed by atoms with Crippen LogP contribution < -0.4 is 21.3 Å². The number of nitrogens with zero attached hydrogens (tertiary/aromatic N) is 3. The lowest BCUT2D eigenvalue weighted by molar-refractivity contribution is -0.00290. The molecular formula is C24H30ClFN6OS. The van der Waals surface area contributed by atoms with Crippen LogP contribution >= 0.6 is 24.4 Å². The van der Waals surface area contributed by atoms with Gasteiger partial charge in [0.2, 0.25) is 5.88 Å². The summed E-state index contributed by atoms with van der Waals surface area (Å²) in [5.74, 6) is 0.807. The van der Waals surface area contributed by atoms with Gasteiger partial charge in [0, 0.05) is 41.3 Å². The predicted molar refractivity (Wildman–Crippen MR) is 139 cm³/mol. The van der Waals surface area contributed by atoms with Crippen LogP contribution in [0.3, 0.4) is 0 Å². The molecule has 6 N–H and O–H groups in total. The summed E-state index contributed by atoms with van der Waals surface area (Å²) >= 11 is 9.05. The maximum atomic E-state index is 14.2. The van der Waals surface area contributed by atoms with Gasteiger partial charge in [0.25, 0.3) is 0 Å². The van der Waals surface area contributed by atoms with E-state index in [1.807, 2.05) is 19.1 Å². The Morgan fingerprint density at radius 2 is 1.68 bits per heavy atom. The molecule has 34 heavy (non-hydrogen) atoms. The van der Waals surface area contributed by atoms with Gasteiger partial charge in [-0.3, -0.25) is 10.0 Å². The first-order valence-corrected chi connectivity index (χ1v) is 11.8. The van der Waals surface area contributed by atoms with E-state index in [1.54, 1.807) is 18.2 Å². The van der Waals surface area contributed by atoms with Gasteiger partial charge in [0.1, 0.15) is 17.7 Å². The lowest BCUT2D eigenvalue weighted by Gasteiger charge is -2.41. The summed E-state index contributed by atoms with van der Waals surface area (Å²) in [5, 5.41) is 4.67. The third kappa shape index (κ3) is 5.79. The van der Waals surface area contributed by atoms with Crippen LogP contribution in [0.2, 0.25) is 5.02 Å². The van der Waals surface area contributed by atoms with Crippen molar-refractivity contribution in [2.24, 2.45) is 10.9 Å². The van der Waals surface area contributed by atoms with E-state index in [1.165, 1.54) is 12.1 Å². The van der Waals surface area contributed by atoms with Crippen molar-refractivity contribution in [1.82, 2.24) is 14.9 Å². The van der Waals surface area contributed by atoms with Crippen molar-refractivity contribution in [3.05, 3.63) is 58.9 Å². The maximum Gasteiger partial charge on any atom is 0.224 e. The summed E-state index contributed by atoms with van der Waals surface area (Å²) in [6.07, 6.45) is 0.0326. The minimum Gasteiger partial charge on any atom is -0.471 e. The van der Waals surface area contributed by atoms with E-state index < -0.39 is 0 Å². The minimum absolute atomic E-state index is 0.0326. The van der Waals surface area contributed by atoms with Crippen LogP contribution in [-0.2, 0) is 0 Å². The average Bonchev–Trinajstić information content (AvgIpc) is 2.78. The Labute approximate surface area is 210 Å². The summed E-state index contributed by atoms with van der Waals surface area (Å²) < 4.78 is 20.4. The molecule has 0 bridgehead atoms. The predicted octanol–water partition coefficient (Wildman–Crippen LogP) is 4.47. The van der Waals surface area contributed by atoms with Crippen LogP contribution in [0.15, 0.2) is 42.5 Å². The minimum atomic E-state index is -0.367. The molecule has 3 aromatic rings. The fourth-order valence-electron chi connectivity index (χ4n) is 3.75. The lowest BCUT2D eigenvalue weighted by Crippen LogP contribution is -2.56. The first-order valence-electron chi connectivity index (χ1n) is 10.9. The Balaban J connectivity index is 0.00000158. The third-order valence-corrected chi connectivity index (χ3v) is 5.90. The summed E-state index contributed by atoms with van der Waals surface area (Å²) in [4.78, 5) is 11.4. The molecule has 4 rings (SSSR count). The number of hydrogen-bond donors (Lipinski definition) is 4. The molecule has 0 aliphatic carbocycles. The van der Waals surface area contributed by atoms with E-state index >= 15 is 0 Å². The number of halogens is 2. The first-order chi connectivity index (χ1) is 16.2. The second-order valence-corrected chi connectivity index (χ2v) is 8.87. The smallest absolute Gasteiger partial charge is 0.224 e. The average molecular weight is 505 g/mol. The molecule has 2 heterocycles. The van der Waals surface area contributed by atoms with Crippen LogP contribution in [0.25, 0.3) is 22.5 Å². The molecule has 0 radical (unpaired) electrons. The van der Waals surface area contributed by atoms with Gasteiger partial charge in [0.05, 0.1) is 5.56 Å². The zero-order valence-corrected chi connectivity index (χ0v) is 21.0. The molecule has 1 aromatic heterocycles. The summed E-state index contributed by atoms with van der Waals surface area (Å²) in [7, 11) is 0. The quantitative estimate of drug-likeness (QED) is 0.366. The number of rotatable bonds is 6. The molecule has 0 spiro atoms. The lowest BCUT2D eigenvalue weighted by atomic mass is 10.0. The molecular weight excluding hydrogens is 475 g/mol. The van der Waals surface area contributed by atoms with Gasteiger partial charge in [-0.1, -0.05) is 35.9 Å². The topological polar surface area (TPSA) is 116 Å². The monoisotopic (exact) mass is 504 g/mol. The Morgan fingerprint density at radius 1 is 1.06 bits per heavy atom. The number of likely N-dealkylation sites (tertiary alicyclic amines) is 1. The number of nitrogen functional groups attached to an aromatic ring is 1. The number of ether oxygens (including phenoxy) is 1. The maximum absolute atomic E-state index is 14.2. The zero-order chi connectivity index (χ0) is 25.0. The van der Waals surface area contributed by atoms with Crippen molar-refractivity contribution < 1.29 is 9.13 Å². The summed E-state index contributed by atoms with van der Waals surface area (Å²) in [6, 6.07) is 11.8. The van der Waals surface area contributed by atoms with Crippen molar-refractivity contribution in [3.63, 3.8) is 0 Å². The highest BCUT2D eigenvalue weighted by Crippen LogP contribution is 2.33. The van der Waals surface area contributed by atoms with E-state index in [0.717, 1.165) is 18.7 Å². The molecule has 1 atom stereocenters. The van der Waals surface area contributed by atoms with Crippen LogP contribution in [0.4, 0.5) is 10.2 Å². The van der Waals surface area contributed by atoms with Crippen LogP contribution in [0, 0.1) is 5.82 Å². The van der Waals surface area contributed by atoms with Crippen molar-refractivity contribution in [1.29, 1.82) is 0 Å². The number of benzene rings is 2. The Bertz CT molecular complexity index is 1120. The number of aromatic nitrogens is 2. The Hall–Kier alpha value is -2.43. The molecule has 1 aliphatic rings. The third-order valence-electron chi connectivity index (χ3n) is 5.66. The first kappa shape index (κ1) is 26.2. The number of hydrogen-bond acceptors (Lipinski definition) is 8. The van der Waals surface area contributed by atoms with E-state index in [9.17, 15) is 4.39 Å². The highest BCUT2D eigenvalue weighted by molar-refractivity contribution is 7.77. The van der Waals surface area contributed by atoms with Crippen molar-refractivity contribution in [2.45, 2.75) is 39.0 Å². The molecule has 1 unspecified atom stereocenters. The fraction of sp³-hybridized carbons (Fsp3) is 0.333. The van der Waals surface area contributed by atoms with Crippen molar-refractivity contribution >= 4 is 30.2 Å². The van der Waals surface area contributed by atoms with Crippen LogP contribution in [0.5, 0.6) is 5.88 Å². The summed E-state index contributed by atoms with van der Waals surface area (Å²) in [5.41, 5.74) is 14.8. The van der Waals surface area contributed by atoms with Gasteiger partial charge in [0.15, 0.2) is 5.82 Å². The molecule has 0 amide bonds. The second-order valence-electron chi connectivity index (χ2n) is 8.43. The molecule has 0 saturated carbocycles. The second kappa shape index (κ2) is 11.3. The van der Waals surface area contributed by atoms with Gasteiger partial charge < -0.3 is 16.2 Å². The fourth-order valence-corrected chi connectivity index (χ4v) is 3.93. The molecule has 2 aromatic carbocycles. The van der Waals surface area contributed by atoms with Crippen LogP contribution in [-0.4, -0.2) is 40.1 Å². The highest BCUT2D eigenvalue weighted by Gasteiger charge is 2.32. The zero-order valence-electron chi connectivity index (χ0n) is 19.4. The SMILES string of the molecule is CC(N)c1c(N)nc(-c2ccc(-c3cc(Cl)ccc3F)cc2)nc1OC1CN(C(C)C)C1.NS. The molecule has 10 heteroatoms. The standard InChI is InChI=1S/C24H27ClFN5O.H3NS/c1-13(2)31-11-18(12-31)32-24-21(14(3)27)22(28)29-23(30-24)16-6-4-15(5-7-16)19-10-17(25)8-9-20(19)26;1-2/h4-10,13-14,18H,11-12,27H2,1-3H3,(H2,28,29,30);2H,1H2. The van der Waals surface area contributed by atoms with Gasteiger partial charge in [-0.2, -0.15) is 4.98 Å². The molecule has 1 fully saturated rings. The van der Waals surface area contributed by atoms with Gasteiger partial charge >= 0.3 is 0 Å². The van der Waals surface area contributed by atoms with Gasteiger partial charge in [-0.15, -0.1) is 12.8 Å². The van der Waals surface area contributed by atoms with E-state index in [2.05, 4.69) is 46.7 Å². The van der Waals surface area contributed by atoms with Gasteiger partial charge in [-0.25, -0.2) is 9.37 Å². The number of thiol groups is 1. The highest BCUT2D eigenvalue weighted by atomic mass is 35.5. The summed E-state index contributed by atoms with van der Waals surface area (Å²) in [6.45, 7) is 7.80. The van der Waals surface area contributed by atoms with E-state index in [4.69, 9.17) is 27.8 Å². The van der Waals surface area contributed by atoms with Crippen molar-refractivity contribution in [3.8, 4) is 28.4 Å². The van der Waals surface area contributed by atoms with Crippen molar-refractivity contribution in [2.75, 3.05) is 18.8 Å². The number of nitrogens with two attached hydrogens (primary N) is 3.